The monoisotopic (exact) mass is 620 g/mol. The Labute approximate surface area is 262 Å². The number of aryl methyl sites for hydroxylation is 1. The standard InChI is InChI=1S/C33H42F2N8O2/c1-19(2)43-21(4)39-30-25(34)11-23(12-27(30)43)24-13-29(37-15-26(24)35)40-31(36-8)38-14-20(3)16-42-17-22-9-10-41(18-28(22)42)32(44)45-33(5,6)7/h11-15,19,22,28H,8-10,16-18H2,1-7H3,(H,37,38,40)/b20-14+/t22-,28-/m0/s1. The number of aromatic nitrogens is 3. The van der Waals surface area contributed by atoms with E-state index < -0.39 is 17.2 Å². The van der Waals surface area contributed by atoms with Crippen LogP contribution >= 0.6 is 0 Å². The first kappa shape index (κ1) is 32.2. The van der Waals surface area contributed by atoms with Crippen LogP contribution in [0.4, 0.5) is 19.4 Å². The van der Waals surface area contributed by atoms with Gasteiger partial charge in [-0.2, -0.15) is 0 Å². The number of nitrogens with zero attached hydrogens (tertiary/aromatic N) is 7. The summed E-state index contributed by atoms with van der Waals surface area (Å²) in [4.78, 5) is 33.7. The van der Waals surface area contributed by atoms with Gasteiger partial charge in [0.15, 0.2) is 5.82 Å². The second-order valence-electron chi connectivity index (χ2n) is 13.2. The van der Waals surface area contributed by atoms with Crippen LogP contribution in [0.5, 0.6) is 0 Å². The zero-order valence-corrected chi connectivity index (χ0v) is 27.1. The number of halogens is 2. The van der Waals surface area contributed by atoms with E-state index in [1.807, 2.05) is 53.0 Å². The molecular weight excluding hydrogens is 578 g/mol. The Morgan fingerprint density at radius 2 is 1.98 bits per heavy atom. The largest absolute Gasteiger partial charge is 0.444 e. The molecule has 2 aliphatic heterocycles. The van der Waals surface area contributed by atoms with Crippen LogP contribution in [0.15, 0.2) is 46.2 Å². The normalized spacial score (nSPS) is 19.5. The van der Waals surface area contributed by atoms with Crippen LogP contribution in [0, 0.1) is 24.5 Å². The van der Waals surface area contributed by atoms with Crippen LogP contribution in [0.25, 0.3) is 22.2 Å². The molecule has 3 aromatic rings. The molecule has 2 aromatic heterocycles. The van der Waals surface area contributed by atoms with E-state index in [9.17, 15) is 4.79 Å². The maximum Gasteiger partial charge on any atom is 0.410 e. The maximum atomic E-state index is 15.1. The molecule has 240 valence electrons. The maximum absolute atomic E-state index is 15.1. The van der Waals surface area contributed by atoms with E-state index in [0.717, 1.165) is 24.7 Å². The zero-order chi connectivity index (χ0) is 32.6. The van der Waals surface area contributed by atoms with Gasteiger partial charge in [-0.05, 0) is 96.9 Å². The number of amides is 1. The number of carbonyl (C=O) groups is 1. The van der Waals surface area contributed by atoms with Crippen molar-refractivity contribution in [2.45, 2.75) is 72.6 Å². The number of guanidine groups is 1. The number of aliphatic imine (C=N–C) groups is 2. The van der Waals surface area contributed by atoms with Crippen LogP contribution in [0.1, 0.15) is 59.8 Å². The number of fused-ring (bicyclic) bond motifs is 2. The molecule has 1 N–H and O–H groups in total. The van der Waals surface area contributed by atoms with Gasteiger partial charge in [-0.25, -0.2) is 33.5 Å². The molecule has 4 heterocycles. The van der Waals surface area contributed by atoms with Crippen molar-refractivity contribution in [2.24, 2.45) is 15.9 Å². The Morgan fingerprint density at radius 3 is 2.67 bits per heavy atom. The third kappa shape index (κ3) is 7.06. The summed E-state index contributed by atoms with van der Waals surface area (Å²) in [6.07, 6.45) is 3.49. The molecule has 0 unspecified atom stereocenters. The van der Waals surface area contributed by atoms with Gasteiger partial charge in [0.1, 0.15) is 28.6 Å². The Morgan fingerprint density at radius 1 is 1.22 bits per heavy atom. The SMILES string of the molecule is C=NC(=N/C=C(\C)CN1C[C@@H]2CCN(C(=O)OC(C)(C)C)C[C@@H]21)Nc1cc(-c2cc(F)c3nc(C)n(C(C)C)c3c2)c(F)cn1. The summed E-state index contributed by atoms with van der Waals surface area (Å²) in [5.74, 6) is 0.608. The van der Waals surface area contributed by atoms with Crippen LogP contribution < -0.4 is 5.32 Å². The van der Waals surface area contributed by atoms with Crippen LogP contribution in [-0.2, 0) is 4.74 Å². The lowest BCUT2D eigenvalue weighted by Crippen LogP contribution is -2.65. The molecule has 5 rings (SSSR count). The quantitative estimate of drug-likeness (QED) is 0.247. The Kier molecular flexibility index (Phi) is 9.06. The molecule has 45 heavy (non-hydrogen) atoms. The highest BCUT2D eigenvalue weighted by atomic mass is 19.1. The average Bonchev–Trinajstić information content (AvgIpc) is 3.30. The molecule has 0 spiro atoms. The van der Waals surface area contributed by atoms with E-state index in [0.29, 0.717) is 42.5 Å². The fourth-order valence-corrected chi connectivity index (χ4v) is 6.14. The first-order valence-electron chi connectivity index (χ1n) is 15.3. The molecule has 10 nitrogen and oxygen atoms in total. The van der Waals surface area contributed by atoms with Crippen molar-refractivity contribution >= 4 is 35.6 Å². The van der Waals surface area contributed by atoms with Crippen molar-refractivity contribution in [3.63, 3.8) is 0 Å². The lowest BCUT2D eigenvalue weighted by molar-refractivity contribution is -0.0467. The Balaban J connectivity index is 1.28. The summed E-state index contributed by atoms with van der Waals surface area (Å²) in [6, 6.07) is 4.86. The summed E-state index contributed by atoms with van der Waals surface area (Å²) in [5.41, 5.74) is 1.87. The van der Waals surface area contributed by atoms with Gasteiger partial charge < -0.3 is 19.5 Å². The van der Waals surface area contributed by atoms with Crippen molar-refractivity contribution in [3.05, 3.63) is 53.6 Å². The molecule has 2 fully saturated rings. The highest BCUT2D eigenvalue weighted by molar-refractivity contribution is 5.96. The third-order valence-electron chi connectivity index (χ3n) is 8.17. The van der Waals surface area contributed by atoms with Gasteiger partial charge in [0, 0.05) is 50.0 Å². The number of hydrogen-bond donors (Lipinski definition) is 1. The van der Waals surface area contributed by atoms with E-state index in [2.05, 4.69) is 36.9 Å². The second-order valence-corrected chi connectivity index (χ2v) is 13.2. The van der Waals surface area contributed by atoms with Crippen molar-refractivity contribution in [2.75, 3.05) is 31.5 Å². The van der Waals surface area contributed by atoms with E-state index in [4.69, 9.17) is 4.74 Å². The van der Waals surface area contributed by atoms with Crippen molar-refractivity contribution in [1.82, 2.24) is 24.3 Å². The predicted octanol–water partition coefficient (Wildman–Crippen LogP) is 6.58. The van der Waals surface area contributed by atoms with E-state index in [-0.39, 0.29) is 41.0 Å². The van der Waals surface area contributed by atoms with E-state index in [1.165, 1.54) is 12.1 Å². The van der Waals surface area contributed by atoms with Gasteiger partial charge in [0.05, 0.1) is 11.7 Å². The van der Waals surface area contributed by atoms with Crippen LogP contribution in [0.3, 0.4) is 0 Å². The molecule has 2 saturated heterocycles. The van der Waals surface area contributed by atoms with Crippen LogP contribution in [-0.4, -0.2) is 80.9 Å². The molecule has 12 heteroatoms. The van der Waals surface area contributed by atoms with Crippen molar-refractivity contribution in [3.8, 4) is 11.1 Å². The summed E-state index contributed by atoms with van der Waals surface area (Å²) in [7, 11) is 0. The van der Waals surface area contributed by atoms with Gasteiger partial charge in [0.2, 0.25) is 5.96 Å². The zero-order valence-electron chi connectivity index (χ0n) is 27.1. The Bertz CT molecular complexity index is 1670. The number of piperidine rings is 1. The molecule has 0 saturated carbocycles. The average molecular weight is 621 g/mol. The van der Waals surface area contributed by atoms with Gasteiger partial charge in [0.25, 0.3) is 0 Å². The molecule has 2 atom stereocenters. The smallest absolute Gasteiger partial charge is 0.410 e. The number of imidazole rings is 1. The first-order valence-corrected chi connectivity index (χ1v) is 15.3. The van der Waals surface area contributed by atoms with Crippen molar-refractivity contribution in [1.29, 1.82) is 0 Å². The number of rotatable bonds is 6. The molecule has 1 aromatic carbocycles. The summed E-state index contributed by atoms with van der Waals surface area (Å²) < 4.78 is 37.6. The third-order valence-corrected chi connectivity index (χ3v) is 8.17. The van der Waals surface area contributed by atoms with Gasteiger partial charge in [-0.3, -0.25) is 4.90 Å². The number of carbonyl (C=O) groups excluding carboxylic acids is 1. The molecule has 0 aliphatic carbocycles. The second kappa shape index (κ2) is 12.7. The van der Waals surface area contributed by atoms with Gasteiger partial charge in [-0.15, -0.1) is 0 Å². The number of hydrogen-bond acceptors (Lipinski definition) is 6. The highest BCUT2D eigenvalue weighted by Gasteiger charge is 2.44. The highest BCUT2D eigenvalue weighted by Crippen LogP contribution is 2.34. The number of ether oxygens (including phenoxy) is 1. The minimum absolute atomic E-state index is 0.0511. The lowest BCUT2D eigenvalue weighted by atomic mass is 9.82. The van der Waals surface area contributed by atoms with Gasteiger partial charge in [-0.1, -0.05) is 0 Å². The summed E-state index contributed by atoms with van der Waals surface area (Å²) in [5, 5.41) is 2.99. The molecule has 2 aliphatic rings. The fourth-order valence-electron chi connectivity index (χ4n) is 6.14. The number of benzene rings is 1. The fraction of sp³-hybridized carbons (Fsp3) is 0.485. The number of nitrogens with one attached hydrogen (secondary N) is 1. The lowest BCUT2D eigenvalue weighted by Gasteiger charge is -2.53. The van der Waals surface area contributed by atoms with E-state index in [1.54, 1.807) is 17.2 Å². The number of likely N-dealkylation sites (tertiary alicyclic amines) is 2. The topological polar surface area (TPSA) is 100 Å². The number of pyridine rings is 1. The molecule has 0 bridgehead atoms. The molecule has 1 amide bonds. The number of anilines is 1. The van der Waals surface area contributed by atoms with Crippen LogP contribution in [0.2, 0.25) is 0 Å². The first-order chi connectivity index (χ1) is 21.2. The predicted molar refractivity (Wildman–Crippen MR) is 174 cm³/mol. The van der Waals surface area contributed by atoms with Crippen molar-refractivity contribution < 1.29 is 18.3 Å². The molecular formula is C33H42F2N8O2. The summed E-state index contributed by atoms with van der Waals surface area (Å²) >= 11 is 0. The summed E-state index contributed by atoms with van der Waals surface area (Å²) in [6.45, 7) is 20.0. The Hall–Kier alpha value is -4.19. The minimum atomic E-state index is -0.590. The van der Waals surface area contributed by atoms with E-state index >= 15 is 8.78 Å². The minimum Gasteiger partial charge on any atom is -0.444 e. The van der Waals surface area contributed by atoms with Gasteiger partial charge >= 0.3 is 6.09 Å². The molecule has 0 radical (unpaired) electrons.